The minimum atomic E-state index is -1.48. The first-order valence-electron chi connectivity index (χ1n) is 8.52. The minimum Gasteiger partial charge on any atom is -0.356 e. The van der Waals surface area contributed by atoms with Crippen LogP contribution in [0.1, 0.15) is 22.5 Å². The van der Waals surface area contributed by atoms with E-state index in [1.807, 2.05) is 54.6 Å². The molecule has 0 radical (unpaired) electrons. The number of ketones is 1. The molecule has 1 aromatic carbocycles. The topological polar surface area (TPSA) is 96.0 Å². The van der Waals surface area contributed by atoms with Crippen molar-refractivity contribution in [3.63, 3.8) is 0 Å². The molecule has 2 aliphatic rings. The smallest absolute Gasteiger partial charge is 0.245 e. The lowest BCUT2D eigenvalue weighted by Crippen LogP contribution is -2.37. The van der Waals surface area contributed by atoms with Crippen LogP contribution in [0.4, 0.5) is 0 Å². The first-order valence-corrected chi connectivity index (χ1v) is 8.52. The second-order valence-corrected chi connectivity index (χ2v) is 6.28. The number of aromatic nitrogens is 1. The van der Waals surface area contributed by atoms with Gasteiger partial charge in [0.25, 0.3) is 0 Å². The molecule has 0 saturated heterocycles. The van der Waals surface area contributed by atoms with Crippen LogP contribution in [0.3, 0.4) is 0 Å². The largest absolute Gasteiger partial charge is 0.356 e. The average Bonchev–Trinajstić information content (AvgIpc) is 3.27. The van der Waals surface area contributed by atoms with Crippen molar-refractivity contribution in [2.45, 2.75) is 13.0 Å². The lowest BCUT2D eigenvalue weighted by Gasteiger charge is -2.09. The Labute approximate surface area is 154 Å². The Morgan fingerprint density at radius 1 is 1.30 bits per heavy atom. The molecule has 6 nitrogen and oxygen atoms in total. The molecular weight excluding hydrogens is 342 g/mol. The molecular formula is C21H15N3O3. The van der Waals surface area contributed by atoms with Crippen molar-refractivity contribution >= 4 is 23.3 Å². The number of carbonyl (C=O) groups excluding carboxylic acids is 2. The van der Waals surface area contributed by atoms with Gasteiger partial charge in [-0.15, -0.1) is 0 Å². The van der Waals surface area contributed by atoms with Crippen molar-refractivity contribution in [1.82, 2.24) is 10.5 Å². The third-order valence-corrected chi connectivity index (χ3v) is 4.59. The summed E-state index contributed by atoms with van der Waals surface area (Å²) in [6.07, 6.45) is 8.29. The summed E-state index contributed by atoms with van der Waals surface area (Å²) in [7, 11) is 0. The summed E-state index contributed by atoms with van der Waals surface area (Å²) in [5, 5.41) is 16.5. The zero-order chi connectivity index (χ0) is 18.8. The molecule has 0 fully saturated rings. The molecule has 4 rings (SSSR count). The van der Waals surface area contributed by atoms with Gasteiger partial charge in [0, 0.05) is 6.54 Å². The summed E-state index contributed by atoms with van der Waals surface area (Å²) >= 11 is 0. The van der Waals surface area contributed by atoms with Gasteiger partial charge in [-0.05, 0) is 29.2 Å². The number of fused-ring (bicyclic) bond motifs is 2. The summed E-state index contributed by atoms with van der Waals surface area (Å²) in [4.78, 5) is 25.3. The first kappa shape index (κ1) is 16.7. The first-order chi connectivity index (χ1) is 13.2. The van der Waals surface area contributed by atoms with Crippen LogP contribution in [0.5, 0.6) is 0 Å². The molecule has 0 aliphatic heterocycles. The molecule has 1 amide bonds. The molecule has 2 aliphatic carbocycles. The van der Waals surface area contributed by atoms with Gasteiger partial charge in [-0.2, -0.15) is 5.26 Å². The van der Waals surface area contributed by atoms with E-state index in [4.69, 9.17) is 4.52 Å². The Bertz CT molecular complexity index is 1150. The summed E-state index contributed by atoms with van der Waals surface area (Å²) in [5.41, 5.74) is 3.30. The van der Waals surface area contributed by atoms with Gasteiger partial charge in [0.2, 0.25) is 11.7 Å². The fraction of sp³-hybridized carbons (Fsp3) is 0.143. The van der Waals surface area contributed by atoms with E-state index >= 15 is 0 Å². The van der Waals surface area contributed by atoms with Gasteiger partial charge in [0.1, 0.15) is 0 Å². The summed E-state index contributed by atoms with van der Waals surface area (Å²) < 4.78 is 5.27. The molecule has 0 bridgehead atoms. The maximum Gasteiger partial charge on any atom is 0.245 e. The zero-order valence-electron chi connectivity index (χ0n) is 14.3. The number of amides is 1. The second-order valence-electron chi connectivity index (χ2n) is 6.28. The van der Waals surface area contributed by atoms with Crippen LogP contribution in [0.2, 0.25) is 0 Å². The van der Waals surface area contributed by atoms with Crippen molar-refractivity contribution in [3.8, 4) is 6.07 Å². The van der Waals surface area contributed by atoms with Gasteiger partial charge in [0.15, 0.2) is 17.0 Å². The molecule has 27 heavy (non-hydrogen) atoms. The van der Waals surface area contributed by atoms with E-state index in [-0.39, 0.29) is 12.2 Å². The average molecular weight is 357 g/mol. The van der Waals surface area contributed by atoms with Crippen molar-refractivity contribution in [2.75, 3.05) is 0 Å². The van der Waals surface area contributed by atoms with Crippen molar-refractivity contribution in [3.05, 3.63) is 76.0 Å². The lowest BCUT2D eigenvalue weighted by molar-refractivity contribution is -0.122. The standard InChI is InChI=1S/C21H15N3O3/c22-11-16(21(26)23-12-13-6-2-1-3-7-13)20(25)19-18-15-9-5-4-8-14(15)10-17(18)27-24-19/h1-8,10,16H,9,12H2,(H,23,26). The number of hydrogen-bond donors (Lipinski definition) is 1. The fourth-order valence-electron chi connectivity index (χ4n) is 3.22. The maximum atomic E-state index is 12.9. The molecule has 1 aromatic heterocycles. The number of nitrogens with one attached hydrogen (secondary N) is 1. The van der Waals surface area contributed by atoms with E-state index in [2.05, 4.69) is 10.5 Å². The number of Topliss-reactive ketones (excluding diaryl/α,β-unsaturated/α-hetero) is 1. The van der Waals surface area contributed by atoms with Gasteiger partial charge in [0.05, 0.1) is 11.3 Å². The molecule has 2 aromatic rings. The molecule has 1 heterocycles. The SMILES string of the molecule is N#CC(C(=O)NCc1ccccc1)C(=O)c1noc2c1=C1CC=CC=C1C=2. The number of rotatable bonds is 5. The van der Waals surface area contributed by atoms with Gasteiger partial charge < -0.3 is 9.84 Å². The molecule has 0 spiro atoms. The van der Waals surface area contributed by atoms with Gasteiger partial charge in [-0.1, -0.05) is 53.7 Å². The highest BCUT2D eigenvalue weighted by molar-refractivity contribution is 6.11. The highest BCUT2D eigenvalue weighted by atomic mass is 16.5. The van der Waals surface area contributed by atoms with E-state index in [0.29, 0.717) is 17.1 Å². The van der Waals surface area contributed by atoms with E-state index in [1.165, 1.54) is 0 Å². The number of nitriles is 1. The van der Waals surface area contributed by atoms with E-state index < -0.39 is 17.6 Å². The predicted molar refractivity (Wildman–Crippen MR) is 97.2 cm³/mol. The van der Waals surface area contributed by atoms with Gasteiger partial charge >= 0.3 is 0 Å². The van der Waals surface area contributed by atoms with Crippen LogP contribution in [0.15, 0.2) is 58.7 Å². The number of hydrogen-bond acceptors (Lipinski definition) is 5. The second kappa shape index (κ2) is 6.89. The van der Waals surface area contributed by atoms with Crippen LogP contribution >= 0.6 is 0 Å². The Kier molecular flexibility index (Phi) is 4.27. The monoisotopic (exact) mass is 357 g/mol. The molecule has 132 valence electrons. The molecule has 0 saturated carbocycles. The Balaban J connectivity index is 1.59. The maximum absolute atomic E-state index is 12.9. The third-order valence-electron chi connectivity index (χ3n) is 4.59. The molecule has 1 N–H and O–H groups in total. The highest BCUT2D eigenvalue weighted by Crippen LogP contribution is 2.23. The van der Waals surface area contributed by atoms with Crippen molar-refractivity contribution < 1.29 is 14.1 Å². The number of carbonyl (C=O) groups is 2. The van der Waals surface area contributed by atoms with E-state index in [1.54, 1.807) is 6.07 Å². The van der Waals surface area contributed by atoms with E-state index in [0.717, 1.165) is 16.7 Å². The Hall–Kier alpha value is -3.72. The number of nitrogens with zero attached hydrogens (tertiary/aromatic N) is 2. The van der Waals surface area contributed by atoms with Crippen molar-refractivity contribution in [1.29, 1.82) is 5.26 Å². The summed E-state index contributed by atoms with van der Waals surface area (Å²) in [6.45, 7) is 0.241. The van der Waals surface area contributed by atoms with E-state index in [9.17, 15) is 14.9 Å². The minimum absolute atomic E-state index is 0.0383. The summed E-state index contributed by atoms with van der Waals surface area (Å²) in [6, 6.07) is 11.1. The van der Waals surface area contributed by atoms with Crippen molar-refractivity contribution in [2.24, 2.45) is 5.92 Å². The normalized spacial score (nSPS) is 15.1. The number of benzene rings is 1. The zero-order valence-corrected chi connectivity index (χ0v) is 14.3. The third kappa shape index (κ3) is 3.00. The summed E-state index contributed by atoms with van der Waals surface area (Å²) in [5.74, 6) is -2.77. The molecule has 6 heteroatoms. The quantitative estimate of drug-likeness (QED) is 0.640. The van der Waals surface area contributed by atoms with Crippen LogP contribution in [0.25, 0.3) is 11.6 Å². The molecule has 1 atom stereocenters. The Morgan fingerprint density at radius 3 is 2.89 bits per heavy atom. The van der Waals surface area contributed by atoms with Crippen LogP contribution in [-0.2, 0) is 11.3 Å². The highest BCUT2D eigenvalue weighted by Gasteiger charge is 2.32. The van der Waals surface area contributed by atoms with Crippen LogP contribution in [-0.4, -0.2) is 16.8 Å². The lowest BCUT2D eigenvalue weighted by atomic mass is 9.96. The number of allylic oxidation sites excluding steroid dienone is 4. The molecule has 1 unspecified atom stereocenters. The van der Waals surface area contributed by atoms with Crippen LogP contribution < -0.4 is 16.0 Å². The predicted octanol–water partition coefficient (Wildman–Crippen LogP) is 1.14. The fourth-order valence-corrected chi connectivity index (χ4v) is 3.22. The Morgan fingerprint density at radius 2 is 2.11 bits per heavy atom. The van der Waals surface area contributed by atoms with Gasteiger partial charge in [-0.3, -0.25) is 9.59 Å². The van der Waals surface area contributed by atoms with Gasteiger partial charge in [-0.25, -0.2) is 0 Å². The van der Waals surface area contributed by atoms with Crippen LogP contribution in [0, 0.1) is 17.2 Å².